The second-order valence-corrected chi connectivity index (χ2v) is 4.63. The Balaban J connectivity index is 2.08. The lowest BCUT2D eigenvalue weighted by atomic mass is 10.1. The Hall–Kier alpha value is -1.88. The first kappa shape index (κ1) is 13.5. The summed E-state index contributed by atoms with van der Waals surface area (Å²) in [5.41, 5.74) is 2.22. The van der Waals surface area contributed by atoms with Gasteiger partial charge in [-0.3, -0.25) is 9.59 Å². The van der Waals surface area contributed by atoms with Gasteiger partial charge >= 0.3 is 0 Å². The minimum atomic E-state index is -0.146. The van der Waals surface area contributed by atoms with Gasteiger partial charge < -0.3 is 15.4 Å². The number of carbonyl (C=O) groups excluding carboxylic acids is 2. The first-order chi connectivity index (χ1) is 9.13. The summed E-state index contributed by atoms with van der Waals surface area (Å²) in [7, 11) is 1.61. The summed E-state index contributed by atoms with van der Waals surface area (Å²) in [5.74, 6) is -0.175. The molecule has 0 saturated heterocycles. The summed E-state index contributed by atoms with van der Waals surface area (Å²) in [5, 5.41) is 5.65. The van der Waals surface area contributed by atoms with Crippen molar-refractivity contribution >= 4 is 17.5 Å². The highest BCUT2D eigenvalue weighted by molar-refractivity contribution is 6.02. The van der Waals surface area contributed by atoms with E-state index in [4.69, 9.17) is 4.74 Å². The van der Waals surface area contributed by atoms with Crippen molar-refractivity contribution in [3.8, 4) is 0 Å². The average molecular weight is 262 g/mol. The summed E-state index contributed by atoms with van der Waals surface area (Å²) in [6.07, 6.45) is 1.19. The first-order valence-corrected chi connectivity index (χ1v) is 6.36. The number of methoxy groups -OCH3 is 1. The normalized spacial score (nSPS) is 14.7. The van der Waals surface area contributed by atoms with Crippen molar-refractivity contribution in [1.29, 1.82) is 0 Å². The van der Waals surface area contributed by atoms with Crippen LogP contribution in [0.15, 0.2) is 18.2 Å². The molecule has 1 aliphatic rings. The molecule has 5 nitrogen and oxygen atoms in total. The summed E-state index contributed by atoms with van der Waals surface area (Å²) < 4.78 is 5.05. The van der Waals surface area contributed by atoms with Gasteiger partial charge in [-0.2, -0.15) is 0 Å². The van der Waals surface area contributed by atoms with Gasteiger partial charge in [-0.25, -0.2) is 0 Å². The van der Waals surface area contributed by atoms with Crippen LogP contribution in [0.25, 0.3) is 0 Å². The second-order valence-electron chi connectivity index (χ2n) is 4.63. The fourth-order valence-electron chi connectivity index (χ4n) is 2.09. The smallest absolute Gasteiger partial charge is 0.251 e. The third-order valence-electron chi connectivity index (χ3n) is 3.19. The van der Waals surface area contributed by atoms with Crippen LogP contribution in [-0.4, -0.2) is 31.6 Å². The van der Waals surface area contributed by atoms with Gasteiger partial charge in [-0.1, -0.05) is 13.0 Å². The van der Waals surface area contributed by atoms with Crippen LogP contribution < -0.4 is 10.6 Å². The van der Waals surface area contributed by atoms with Crippen molar-refractivity contribution in [1.82, 2.24) is 5.32 Å². The molecule has 5 heteroatoms. The number of benzene rings is 1. The van der Waals surface area contributed by atoms with E-state index in [1.54, 1.807) is 19.2 Å². The highest BCUT2D eigenvalue weighted by Crippen LogP contribution is 2.23. The Morgan fingerprint density at radius 3 is 3.00 bits per heavy atom. The van der Waals surface area contributed by atoms with Crippen LogP contribution in [0, 0.1) is 0 Å². The van der Waals surface area contributed by atoms with Crippen LogP contribution in [0.4, 0.5) is 5.69 Å². The number of ether oxygens (including phenoxy) is 1. The number of amides is 2. The Labute approximate surface area is 112 Å². The van der Waals surface area contributed by atoms with E-state index in [2.05, 4.69) is 10.6 Å². The molecule has 19 heavy (non-hydrogen) atoms. The Morgan fingerprint density at radius 2 is 2.32 bits per heavy atom. The number of nitrogens with one attached hydrogen (secondary N) is 2. The molecule has 0 fully saturated rings. The van der Waals surface area contributed by atoms with Gasteiger partial charge in [-0.15, -0.1) is 0 Å². The number of hydrogen-bond donors (Lipinski definition) is 2. The standard InChI is InChI=1S/C14H18N2O3/c1-3-11(8-19-2)15-14(18)10-5-4-9-7-13(17)16-12(9)6-10/h4-6,11H,3,7-8H2,1-2H3,(H,15,18)(H,16,17). The van der Waals surface area contributed by atoms with Crippen molar-refractivity contribution < 1.29 is 14.3 Å². The summed E-state index contributed by atoms with van der Waals surface area (Å²) in [6.45, 7) is 2.48. The molecule has 102 valence electrons. The van der Waals surface area contributed by atoms with Crippen molar-refractivity contribution in [2.45, 2.75) is 25.8 Å². The van der Waals surface area contributed by atoms with E-state index >= 15 is 0 Å². The molecule has 2 amide bonds. The van der Waals surface area contributed by atoms with E-state index in [0.29, 0.717) is 18.6 Å². The number of anilines is 1. The van der Waals surface area contributed by atoms with E-state index in [1.807, 2.05) is 13.0 Å². The molecule has 0 radical (unpaired) electrons. The topological polar surface area (TPSA) is 67.4 Å². The van der Waals surface area contributed by atoms with E-state index < -0.39 is 0 Å². The minimum absolute atomic E-state index is 0.000320. The molecule has 1 heterocycles. The molecule has 0 aromatic heterocycles. The Morgan fingerprint density at radius 1 is 1.53 bits per heavy atom. The molecule has 0 saturated carbocycles. The maximum Gasteiger partial charge on any atom is 0.251 e. The number of hydrogen-bond acceptors (Lipinski definition) is 3. The molecule has 0 aliphatic carbocycles. The Bertz CT molecular complexity index is 499. The minimum Gasteiger partial charge on any atom is -0.383 e. The van der Waals surface area contributed by atoms with Crippen LogP contribution in [0.3, 0.4) is 0 Å². The van der Waals surface area contributed by atoms with Gasteiger partial charge in [0.1, 0.15) is 0 Å². The van der Waals surface area contributed by atoms with Crippen LogP contribution in [0.5, 0.6) is 0 Å². The van der Waals surface area contributed by atoms with Crippen molar-refractivity contribution in [3.63, 3.8) is 0 Å². The maximum atomic E-state index is 12.1. The summed E-state index contributed by atoms with van der Waals surface area (Å²) in [6, 6.07) is 5.28. The van der Waals surface area contributed by atoms with Crippen LogP contribution in [0.2, 0.25) is 0 Å². The third-order valence-corrected chi connectivity index (χ3v) is 3.19. The Kier molecular flexibility index (Phi) is 4.16. The highest BCUT2D eigenvalue weighted by atomic mass is 16.5. The fraction of sp³-hybridized carbons (Fsp3) is 0.429. The SMILES string of the molecule is CCC(COC)NC(=O)c1ccc2c(c1)NC(=O)C2. The molecule has 1 atom stereocenters. The van der Waals surface area contributed by atoms with E-state index in [0.717, 1.165) is 17.7 Å². The number of carbonyl (C=O) groups is 2. The quantitative estimate of drug-likeness (QED) is 0.841. The van der Waals surface area contributed by atoms with Crippen molar-refractivity contribution in [2.24, 2.45) is 0 Å². The van der Waals surface area contributed by atoms with Gasteiger partial charge in [0.2, 0.25) is 5.91 Å². The summed E-state index contributed by atoms with van der Waals surface area (Å²) >= 11 is 0. The van der Waals surface area contributed by atoms with Gasteiger partial charge in [0.25, 0.3) is 5.91 Å². The highest BCUT2D eigenvalue weighted by Gasteiger charge is 2.19. The zero-order valence-electron chi connectivity index (χ0n) is 11.2. The molecule has 2 N–H and O–H groups in total. The maximum absolute atomic E-state index is 12.1. The molecule has 1 unspecified atom stereocenters. The lowest BCUT2D eigenvalue weighted by Gasteiger charge is -2.16. The molecule has 2 rings (SSSR count). The second kappa shape index (κ2) is 5.84. The van der Waals surface area contributed by atoms with E-state index in [9.17, 15) is 9.59 Å². The first-order valence-electron chi connectivity index (χ1n) is 6.36. The largest absolute Gasteiger partial charge is 0.383 e. The van der Waals surface area contributed by atoms with Crippen LogP contribution in [0.1, 0.15) is 29.3 Å². The molecule has 1 aliphatic heterocycles. The number of rotatable bonds is 5. The molecule has 0 spiro atoms. The predicted octanol–water partition coefficient (Wildman–Crippen LogP) is 1.34. The van der Waals surface area contributed by atoms with Crippen LogP contribution >= 0.6 is 0 Å². The van der Waals surface area contributed by atoms with E-state index in [1.165, 1.54) is 0 Å². The molecule has 1 aromatic rings. The monoisotopic (exact) mass is 262 g/mol. The van der Waals surface area contributed by atoms with Gasteiger partial charge in [0.15, 0.2) is 0 Å². The van der Waals surface area contributed by atoms with Gasteiger partial charge in [-0.05, 0) is 24.1 Å². The molecular weight excluding hydrogens is 244 g/mol. The van der Waals surface area contributed by atoms with Crippen molar-refractivity contribution in [2.75, 3.05) is 19.0 Å². The zero-order valence-corrected chi connectivity index (χ0v) is 11.2. The third kappa shape index (κ3) is 3.12. The number of fused-ring (bicyclic) bond motifs is 1. The summed E-state index contributed by atoms with van der Waals surface area (Å²) in [4.78, 5) is 23.4. The average Bonchev–Trinajstić information content (AvgIpc) is 2.76. The lowest BCUT2D eigenvalue weighted by Crippen LogP contribution is -2.37. The predicted molar refractivity (Wildman–Crippen MR) is 72.2 cm³/mol. The molecule has 1 aromatic carbocycles. The molecular formula is C14H18N2O3. The van der Waals surface area contributed by atoms with E-state index in [-0.39, 0.29) is 17.9 Å². The van der Waals surface area contributed by atoms with Gasteiger partial charge in [0, 0.05) is 18.4 Å². The fourth-order valence-corrected chi connectivity index (χ4v) is 2.09. The lowest BCUT2D eigenvalue weighted by molar-refractivity contribution is -0.115. The van der Waals surface area contributed by atoms with Gasteiger partial charge in [0.05, 0.1) is 19.1 Å². The van der Waals surface area contributed by atoms with Crippen molar-refractivity contribution in [3.05, 3.63) is 29.3 Å². The molecule has 0 bridgehead atoms. The van der Waals surface area contributed by atoms with Crippen LogP contribution in [-0.2, 0) is 16.0 Å². The zero-order chi connectivity index (χ0) is 13.8.